The number of hydrogen-bond donors (Lipinski definition) is 0. The van der Waals surface area contributed by atoms with Crippen LogP contribution >= 0.6 is 0 Å². The van der Waals surface area contributed by atoms with Gasteiger partial charge in [-0.15, -0.1) is 0 Å². The number of nitrogens with zero attached hydrogens (tertiary/aromatic N) is 1. The van der Waals surface area contributed by atoms with Gasteiger partial charge in [-0.2, -0.15) is 0 Å². The number of ether oxygens (including phenoxy) is 1. The second kappa shape index (κ2) is 4.53. The van der Waals surface area contributed by atoms with Gasteiger partial charge in [-0.1, -0.05) is 24.3 Å². The van der Waals surface area contributed by atoms with Crippen molar-refractivity contribution in [3.63, 3.8) is 0 Å². The molecule has 0 aliphatic carbocycles. The maximum absolute atomic E-state index is 5.75. The first-order chi connectivity index (χ1) is 8.88. The Morgan fingerprint density at radius 2 is 1.83 bits per heavy atom. The molecule has 0 amide bonds. The molecule has 3 nitrogen and oxygen atoms in total. The average molecular weight is 239 g/mol. The zero-order valence-corrected chi connectivity index (χ0v) is 10.1. The first kappa shape index (κ1) is 10.8. The number of benzene rings is 2. The van der Waals surface area contributed by atoms with Crippen molar-refractivity contribution in [1.29, 1.82) is 0 Å². The minimum Gasteiger partial charge on any atom is -0.493 e. The first-order valence-electron chi connectivity index (χ1n) is 5.96. The Labute approximate surface area is 105 Å². The predicted molar refractivity (Wildman–Crippen MR) is 70.6 cm³/mol. The summed E-state index contributed by atoms with van der Waals surface area (Å²) in [7, 11) is 0. The topological polar surface area (TPSA) is 35.3 Å². The van der Waals surface area contributed by atoms with E-state index in [-0.39, 0.29) is 0 Å². The van der Waals surface area contributed by atoms with Gasteiger partial charge in [0.25, 0.3) is 0 Å². The Balaban J connectivity index is 2.13. The fraction of sp³-hybridized carbons (Fsp3) is 0.133. The number of rotatable bonds is 3. The third kappa shape index (κ3) is 1.84. The first-order valence-corrected chi connectivity index (χ1v) is 5.96. The fourth-order valence-electron chi connectivity index (χ4n) is 1.91. The highest BCUT2D eigenvalue weighted by atomic mass is 16.5. The molecule has 18 heavy (non-hydrogen) atoms. The largest absolute Gasteiger partial charge is 0.493 e. The Hall–Kier alpha value is -2.29. The fourth-order valence-corrected chi connectivity index (χ4v) is 1.91. The number of aromatic nitrogens is 1. The zero-order chi connectivity index (χ0) is 12.4. The second-order valence-electron chi connectivity index (χ2n) is 3.92. The van der Waals surface area contributed by atoms with Crippen molar-refractivity contribution in [3.05, 3.63) is 48.5 Å². The molecular weight excluding hydrogens is 226 g/mol. The molecule has 3 rings (SSSR count). The summed E-state index contributed by atoms with van der Waals surface area (Å²) in [6.45, 7) is 2.58. The van der Waals surface area contributed by atoms with E-state index >= 15 is 0 Å². The van der Waals surface area contributed by atoms with Crippen LogP contribution in [-0.2, 0) is 0 Å². The molecular formula is C15H13NO2. The van der Waals surface area contributed by atoms with Gasteiger partial charge in [-0.05, 0) is 31.2 Å². The molecule has 0 N–H and O–H groups in total. The van der Waals surface area contributed by atoms with Gasteiger partial charge in [0.05, 0.1) is 12.2 Å². The molecule has 90 valence electrons. The van der Waals surface area contributed by atoms with Crippen LogP contribution in [-0.4, -0.2) is 11.6 Å². The number of oxazole rings is 1. The van der Waals surface area contributed by atoms with Crippen LogP contribution in [0.3, 0.4) is 0 Å². The molecule has 0 atom stereocenters. The van der Waals surface area contributed by atoms with Gasteiger partial charge >= 0.3 is 0 Å². The van der Waals surface area contributed by atoms with Gasteiger partial charge in [0.15, 0.2) is 5.58 Å². The minimum absolute atomic E-state index is 0.597. The highest BCUT2D eigenvalue weighted by molar-refractivity contribution is 5.77. The van der Waals surface area contributed by atoms with Crippen LogP contribution in [0.2, 0.25) is 0 Å². The van der Waals surface area contributed by atoms with Crippen LogP contribution in [0.1, 0.15) is 6.92 Å². The quantitative estimate of drug-likeness (QED) is 0.695. The van der Waals surface area contributed by atoms with Crippen molar-refractivity contribution in [2.75, 3.05) is 6.61 Å². The second-order valence-corrected chi connectivity index (χ2v) is 3.92. The molecule has 0 saturated heterocycles. The Morgan fingerprint density at radius 3 is 2.67 bits per heavy atom. The summed E-state index contributed by atoms with van der Waals surface area (Å²) in [5, 5.41) is 0. The molecule has 0 aliphatic heterocycles. The van der Waals surface area contributed by atoms with Crippen LogP contribution in [0, 0.1) is 0 Å². The lowest BCUT2D eigenvalue weighted by atomic mass is 10.2. The van der Waals surface area contributed by atoms with Crippen molar-refractivity contribution in [1.82, 2.24) is 4.98 Å². The highest BCUT2D eigenvalue weighted by Crippen LogP contribution is 2.31. The predicted octanol–water partition coefficient (Wildman–Crippen LogP) is 3.89. The van der Waals surface area contributed by atoms with Gasteiger partial charge < -0.3 is 9.15 Å². The van der Waals surface area contributed by atoms with Crippen LogP contribution in [0.5, 0.6) is 5.75 Å². The molecule has 0 saturated carbocycles. The molecule has 3 heteroatoms. The zero-order valence-electron chi connectivity index (χ0n) is 10.1. The number of para-hydroxylation sites is 3. The van der Waals surface area contributed by atoms with E-state index in [0.717, 1.165) is 22.4 Å². The Kier molecular flexibility index (Phi) is 2.73. The van der Waals surface area contributed by atoms with E-state index in [9.17, 15) is 0 Å². The van der Waals surface area contributed by atoms with E-state index in [4.69, 9.17) is 9.15 Å². The molecule has 3 aromatic rings. The SMILES string of the molecule is CCOc1ccccc1-c1nc2ccccc2o1. The molecule has 1 heterocycles. The van der Waals surface area contributed by atoms with Gasteiger partial charge in [0.2, 0.25) is 5.89 Å². The summed E-state index contributed by atoms with van der Waals surface area (Å²) >= 11 is 0. The molecule has 0 bridgehead atoms. The highest BCUT2D eigenvalue weighted by Gasteiger charge is 2.12. The Morgan fingerprint density at radius 1 is 1.06 bits per heavy atom. The van der Waals surface area contributed by atoms with E-state index in [2.05, 4.69) is 4.98 Å². The maximum Gasteiger partial charge on any atom is 0.231 e. The summed E-state index contributed by atoms with van der Waals surface area (Å²) < 4.78 is 11.3. The van der Waals surface area contributed by atoms with Gasteiger partial charge in [0, 0.05) is 0 Å². The summed E-state index contributed by atoms with van der Waals surface area (Å²) in [5.74, 6) is 1.40. The monoisotopic (exact) mass is 239 g/mol. The number of fused-ring (bicyclic) bond motifs is 1. The van der Waals surface area contributed by atoms with E-state index in [1.54, 1.807) is 0 Å². The molecule has 2 aromatic carbocycles. The van der Waals surface area contributed by atoms with Crippen molar-refractivity contribution in [2.24, 2.45) is 0 Å². The van der Waals surface area contributed by atoms with E-state index in [0.29, 0.717) is 12.5 Å². The number of hydrogen-bond acceptors (Lipinski definition) is 3. The molecule has 0 unspecified atom stereocenters. The van der Waals surface area contributed by atoms with Crippen molar-refractivity contribution < 1.29 is 9.15 Å². The van der Waals surface area contributed by atoms with E-state index in [1.807, 2.05) is 55.5 Å². The summed E-state index contributed by atoms with van der Waals surface area (Å²) in [4.78, 5) is 4.48. The smallest absolute Gasteiger partial charge is 0.231 e. The molecule has 0 aliphatic rings. The molecule has 0 radical (unpaired) electrons. The summed E-state index contributed by atoms with van der Waals surface area (Å²) in [5.41, 5.74) is 2.54. The third-order valence-corrected chi connectivity index (χ3v) is 2.71. The van der Waals surface area contributed by atoms with Crippen LogP contribution in [0.4, 0.5) is 0 Å². The van der Waals surface area contributed by atoms with Crippen molar-refractivity contribution >= 4 is 11.1 Å². The average Bonchev–Trinajstić information content (AvgIpc) is 2.83. The molecule has 0 fully saturated rings. The summed E-state index contributed by atoms with van der Waals surface area (Å²) in [6, 6.07) is 15.5. The lowest BCUT2D eigenvalue weighted by molar-refractivity contribution is 0.340. The van der Waals surface area contributed by atoms with Crippen LogP contribution in [0.25, 0.3) is 22.6 Å². The summed E-state index contributed by atoms with van der Waals surface area (Å²) in [6.07, 6.45) is 0. The molecule has 1 aromatic heterocycles. The normalized spacial score (nSPS) is 10.7. The third-order valence-electron chi connectivity index (χ3n) is 2.71. The van der Waals surface area contributed by atoms with Crippen molar-refractivity contribution in [2.45, 2.75) is 6.92 Å². The van der Waals surface area contributed by atoms with E-state index < -0.39 is 0 Å². The Bertz CT molecular complexity index is 640. The van der Waals surface area contributed by atoms with E-state index in [1.165, 1.54) is 0 Å². The van der Waals surface area contributed by atoms with Crippen LogP contribution in [0.15, 0.2) is 52.9 Å². The molecule has 0 spiro atoms. The van der Waals surface area contributed by atoms with Gasteiger partial charge in [-0.3, -0.25) is 0 Å². The maximum atomic E-state index is 5.75. The lowest BCUT2D eigenvalue weighted by Gasteiger charge is -2.06. The van der Waals surface area contributed by atoms with Gasteiger partial charge in [-0.25, -0.2) is 4.98 Å². The van der Waals surface area contributed by atoms with Crippen LogP contribution < -0.4 is 4.74 Å². The minimum atomic E-state index is 0.597. The van der Waals surface area contributed by atoms with Crippen molar-refractivity contribution in [3.8, 4) is 17.2 Å². The lowest BCUT2D eigenvalue weighted by Crippen LogP contribution is -1.93. The standard InChI is InChI=1S/C15H13NO2/c1-2-17-13-9-5-3-7-11(13)15-16-12-8-4-6-10-14(12)18-15/h3-10H,2H2,1H3. The van der Waals surface area contributed by atoms with Gasteiger partial charge in [0.1, 0.15) is 11.3 Å².